The van der Waals surface area contributed by atoms with Gasteiger partial charge in [0.1, 0.15) is 18.1 Å². The Kier molecular flexibility index (Phi) is 5.87. The highest BCUT2D eigenvalue weighted by atomic mass is 19.4. The molecule has 1 atom stereocenters. The smallest absolute Gasteiger partial charge is 0.414 e. The van der Waals surface area contributed by atoms with Crippen molar-refractivity contribution >= 4 is 0 Å². The molecule has 19 heavy (non-hydrogen) atoms. The van der Waals surface area contributed by atoms with Crippen molar-refractivity contribution in [1.29, 1.82) is 0 Å². The van der Waals surface area contributed by atoms with Gasteiger partial charge in [0.05, 0.1) is 6.54 Å². The maximum Gasteiger partial charge on any atom is 0.414 e. The summed E-state index contributed by atoms with van der Waals surface area (Å²) in [5, 5.41) is 3.18. The predicted molar refractivity (Wildman–Crippen MR) is 65.7 cm³/mol. The van der Waals surface area contributed by atoms with Crippen molar-refractivity contribution in [3.63, 3.8) is 0 Å². The van der Waals surface area contributed by atoms with Crippen molar-refractivity contribution in [3.05, 3.63) is 23.2 Å². The minimum atomic E-state index is -4.34. The molecule has 0 aliphatic carbocycles. The highest BCUT2D eigenvalue weighted by Crippen LogP contribution is 2.24. The standard InChI is InChI=1S/C13H20F3NO2/c1-4-5-17-7-12-9(2)6-11(19-12)8-18-10(3)13(14,15)16/h6,10,17H,4-5,7-8H2,1-3H3. The molecule has 0 fully saturated rings. The van der Waals surface area contributed by atoms with Crippen LogP contribution in [0, 0.1) is 6.92 Å². The minimum Gasteiger partial charge on any atom is -0.462 e. The fourth-order valence-electron chi connectivity index (χ4n) is 1.52. The molecule has 0 bridgehead atoms. The zero-order valence-electron chi connectivity index (χ0n) is 11.4. The van der Waals surface area contributed by atoms with Crippen molar-refractivity contribution < 1.29 is 22.3 Å². The van der Waals surface area contributed by atoms with Crippen LogP contribution >= 0.6 is 0 Å². The summed E-state index contributed by atoms with van der Waals surface area (Å²) in [6.45, 7) is 6.18. The van der Waals surface area contributed by atoms with Crippen LogP contribution in [-0.4, -0.2) is 18.8 Å². The van der Waals surface area contributed by atoms with Crippen LogP contribution in [0.2, 0.25) is 0 Å². The number of nitrogens with one attached hydrogen (secondary N) is 1. The Bertz CT molecular complexity index is 388. The molecule has 0 amide bonds. The predicted octanol–water partition coefficient (Wildman–Crippen LogP) is 3.56. The number of ether oxygens (including phenoxy) is 1. The van der Waals surface area contributed by atoms with Crippen LogP contribution in [0.15, 0.2) is 10.5 Å². The molecule has 1 aromatic heterocycles. The van der Waals surface area contributed by atoms with E-state index in [-0.39, 0.29) is 6.61 Å². The summed E-state index contributed by atoms with van der Waals surface area (Å²) >= 11 is 0. The topological polar surface area (TPSA) is 34.4 Å². The normalized spacial score (nSPS) is 13.8. The van der Waals surface area contributed by atoms with Crippen molar-refractivity contribution in [2.45, 2.75) is 52.6 Å². The van der Waals surface area contributed by atoms with E-state index in [1.165, 1.54) is 0 Å². The van der Waals surface area contributed by atoms with Gasteiger partial charge in [-0.1, -0.05) is 6.92 Å². The van der Waals surface area contributed by atoms with Crippen LogP contribution in [0.1, 0.15) is 37.4 Å². The number of hydrogen-bond acceptors (Lipinski definition) is 3. The van der Waals surface area contributed by atoms with Crippen LogP contribution in [0.25, 0.3) is 0 Å². The number of aryl methyl sites for hydroxylation is 1. The van der Waals surface area contributed by atoms with Gasteiger partial charge in [-0.15, -0.1) is 0 Å². The Morgan fingerprint density at radius 1 is 1.42 bits per heavy atom. The minimum absolute atomic E-state index is 0.171. The first-order valence-electron chi connectivity index (χ1n) is 6.31. The van der Waals surface area contributed by atoms with E-state index in [9.17, 15) is 13.2 Å². The van der Waals surface area contributed by atoms with E-state index in [1.54, 1.807) is 6.07 Å². The molecule has 0 aromatic carbocycles. The van der Waals surface area contributed by atoms with E-state index in [0.717, 1.165) is 31.2 Å². The molecule has 3 nitrogen and oxygen atoms in total. The van der Waals surface area contributed by atoms with E-state index in [4.69, 9.17) is 9.15 Å². The van der Waals surface area contributed by atoms with Crippen molar-refractivity contribution in [3.8, 4) is 0 Å². The number of alkyl halides is 3. The van der Waals surface area contributed by atoms with Crippen LogP contribution in [0.3, 0.4) is 0 Å². The number of furan rings is 1. The lowest BCUT2D eigenvalue weighted by molar-refractivity contribution is -0.218. The Hall–Kier alpha value is -1.01. The van der Waals surface area contributed by atoms with E-state index in [0.29, 0.717) is 12.3 Å². The first-order valence-corrected chi connectivity index (χ1v) is 6.31. The molecule has 1 unspecified atom stereocenters. The second-order valence-corrected chi connectivity index (χ2v) is 4.49. The average Bonchev–Trinajstić information content (AvgIpc) is 2.66. The Labute approximate surface area is 111 Å². The molecule has 0 saturated heterocycles. The van der Waals surface area contributed by atoms with Gasteiger partial charge in [-0.2, -0.15) is 13.2 Å². The zero-order valence-corrected chi connectivity index (χ0v) is 11.4. The van der Waals surface area contributed by atoms with Crippen molar-refractivity contribution in [2.24, 2.45) is 0 Å². The van der Waals surface area contributed by atoms with Crippen molar-refractivity contribution in [1.82, 2.24) is 5.32 Å². The lowest BCUT2D eigenvalue weighted by Crippen LogP contribution is -2.28. The fraction of sp³-hybridized carbons (Fsp3) is 0.692. The Balaban J connectivity index is 2.49. The third kappa shape index (κ3) is 5.24. The van der Waals surface area contributed by atoms with Gasteiger partial charge >= 0.3 is 6.18 Å². The molecule has 0 saturated carbocycles. The van der Waals surface area contributed by atoms with Gasteiger partial charge < -0.3 is 14.5 Å². The largest absolute Gasteiger partial charge is 0.462 e. The highest BCUT2D eigenvalue weighted by molar-refractivity contribution is 5.19. The Morgan fingerprint density at radius 2 is 2.11 bits per heavy atom. The monoisotopic (exact) mass is 279 g/mol. The summed E-state index contributed by atoms with van der Waals surface area (Å²) in [6, 6.07) is 1.71. The molecule has 1 aromatic rings. The lowest BCUT2D eigenvalue weighted by atomic mass is 10.2. The molecule has 1 heterocycles. The second kappa shape index (κ2) is 6.96. The number of halogens is 3. The molecule has 0 spiro atoms. The quantitative estimate of drug-likeness (QED) is 0.775. The maximum atomic E-state index is 12.3. The van der Waals surface area contributed by atoms with Crippen LogP contribution < -0.4 is 5.32 Å². The molecular weight excluding hydrogens is 259 g/mol. The van der Waals surface area contributed by atoms with E-state index >= 15 is 0 Å². The van der Waals surface area contributed by atoms with Gasteiger partial charge in [-0.05, 0) is 38.4 Å². The molecule has 0 aliphatic rings. The Morgan fingerprint density at radius 3 is 2.68 bits per heavy atom. The van der Waals surface area contributed by atoms with E-state index in [2.05, 4.69) is 12.2 Å². The molecule has 1 rings (SSSR count). The summed E-state index contributed by atoms with van der Waals surface area (Å²) in [7, 11) is 0. The summed E-state index contributed by atoms with van der Waals surface area (Å²) < 4.78 is 47.0. The van der Waals surface area contributed by atoms with Gasteiger partial charge in [-0.25, -0.2) is 0 Å². The lowest BCUT2D eigenvalue weighted by Gasteiger charge is -2.15. The second-order valence-electron chi connectivity index (χ2n) is 4.49. The van der Waals surface area contributed by atoms with Gasteiger partial charge in [0, 0.05) is 0 Å². The SMILES string of the molecule is CCCNCc1oc(COC(C)C(F)(F)F)cc1C. The molecule has 1 N–H and O–H groups in total. The van der Waals surface area contributed by atoms with Gasteiger partial charge in [0.25, 0.3) is 0 Å². The molecule has 110 valence electrons. The van der Waals surface area contributed by atoms with E-state index < -0.39 is 12.3 Å². The maximum absolute atomic E-state index is 12.3. The summed E-state index contributed by atoms with van der Waals surface area (Å²) in [5.41, 5.74) is 0.918. The van der Waals surface area contributed by atoms with Crippen LogP contribution in [0.5, 0.6) is 0 Å². The first kappa shape index (κ1) is 16.0. The third-order valence-corrected chi connectivity index (χ3v) is 2.72. The number of hydrogen-bond donors (Lipinski definition) is 1. The van der Waals surface area contributed by atoms with Gasteiger partial charge in [0.15, 0.2) is 6.10 Å². The van der Waals surface area contributed by atoms with Gasteiger partial charge in [-0.3, -0.25) is 0 Å². The summed E-state index contributed by atoms with van der Waals surface area (Å²) in [4.78, 5) is 0. The summed E-state index contributed by atoms with van der Waals surface area (Å²) in [5.74, 6) is 1.16. The average molecular weight is 279 g/mol. The first-order chi connectivity index (χ1) is 8.84. The third-order valence-electron chi connectivity index (χ3n) is 2.72. The number of rotatable bonds is 7. The van der Waals surface area contributed by atoms with E-state index in [1.807, 2.05) is 6.92 Å². The van der Waals surface area contributed by atoms with Crippen LogP contribution in [-0.2, 0) is 17.9 Å². The molecule has 0 radical (unpaired) electrons. The molecule has 6 heteroatoms. The summed E-state index contributed by atoms with van der Waals surface area (Å²) in [6.07, 6.45) is -5.12. The van der Waals surface area contributed by atoms with Crippen molar-refractivity contribution in [2.75, 3.05) is 6.54 Å². The van der Waals surface area contributed by atoms with Crippen LogP contribution in [0.4, 0.5) is 13.2 Å². The fourth-order valence-corrected chi connectivity index (χ4v) is 1.52. The van der Waals surface area contributed by atoms with Gasteiger partial charge in [0.2, 0.25) is 0 Å². The highest BCUT2D eigenvalue weighted by Gasteiger charge is 2.37. The zero-order chi connectivity index (χ0) is 14.5. The molecule has 0 aliphatic heterocycles. The molecular formula is C13H20F3NO2.